The van der Waals surface area contributed by atoms with Crippen LogP contribution in [0, 0.1) is 5.92 Å². The number of nitrogens with zero attached hydrogens (tertiary/aromatic N) is 1. The molecular formula is C15H23F2N3O2. The molecule has 1 rings (SSSR count). The summed E-state index contributed by atoms with van der Waals surface area (Å²) in [5, 5.41) is 3.01. The van der Waals surface area contributed by atoms with Crippen LogP contribution in [0.5, 0.6) is 11.5 Å². The first kappa shape index (κ1) is 18.0. The number of hydrogen-bond acceptors (Lipinski definition) is 3. The van der Waals surface area contributed by atoms with Crippen molar-refractivity contribution in [1.29, 1.82) is 0 Å². The molecule has 7 heteroatoms. The minimum absolute atomic E-state index is 0.0171. The highest BCUT2D eigenvalue weighted by atomic mass is 19.3. The fourth-order valence-electron chi connectivity index (χ4n) is 1.73. The van der Waals surface area contributed by atoms with Crippen LogP contribution in [0.2, 0.25) is 0 Å². The quantitative estimate of drug-likeness (QED) is 0.572. The fourth-order valence-corrected chi connectivity index (χ4v) is 1.73. The van der Waals surface area contributed by atoms with Gasteiger partial charge in [-0.1, -0.05) is 19.9 Å². The number of halogens is 2. The zero-order valence-corrected chi connectivity index (χ0v) is 13.1. The standard InChI is InChI=1S/C15H23F2N3O2/c1-10(2)6-7-19-15(18)20-9-11-4-5-12(21-3)13(8-11)22-14(16)17/h4-5,8,10,14H,6-7,9H2,1-3H3,(H3,18,19,20). The van der Waals surface area contributed by atoms with E-state index in [1.165, 1.54) is 13.2 Å². The third-order valence-corrected chi connectivity index (χ3v) is 2.90. The maximum atomic E-state index is 12.4. The minimum Gasteiger partial charge on any atom is -0.493 e. The number of rotatable bonds is 8. The summed E-state index contributed by atoms with van der Waals surface area (Å²) in [7, 11) is 1.39. The Morgan fingerprint density at radius 3 is 2.64 bits per heavy atom. The van der Waals surface area contributed by atoms with Crippen LogP contribution in [0.15, 0.2) is 23.2 Å². The molecule has 0 unspecified atom stereocenters. The molecule has 0 radical (unpaired) electrons. The molecule has 22 heavy (non-hydrogen) atoms. The van der Waals surface area contributed by atoms with Gasteiger partial charge in [0.2, 0.25) is 0 Å². The van der Waals surface area contributed by atoms with Crippen LogP contribution in [0.3, 0.4) is 0 Å². The zero-order chi connectivity index (χ0) is 16.5. The van der Waals surface area contributed by atoms with Crippen molar-refractivity contribution in [2.75, 3.05) is 13.7 Å². The summed E-state index contributed by atoms with van der Waals surface area (Å²) in [6.45, 7) is 2.35. The van der Waals surface area contributed by atoms with Gasteiger partial charge in [-0.15, -0.1) is 0 Å². The first-order valence-electron chi connectivity index (χ1n) is 7.08. The van der Waals surface area contributed by atoms with Gasteiger partial charge in [0.25, 0.3) is 0 Å². The van der Waals surface area contributed by atoms with E-state index in [4.69, 9.17) is 10.5 Å². The summed E-state index contributed by atoms with van der Waals surface area (Å²) in [5.74, 6) is 1.14. The number of ether oxygens (including phenoxy) is 2. The number of methoxy groups -OCH3 is 1. The average Bonchev–Trinajstić information content (AvgIpc) is 2.44. The summed E-state index contributed by atoms with van der Waals surface area (Å²) >= 11 is 0. The molecule has 0 amide bonds. The Morgan fingerprint density at radius 2 is 2.05 bits per heavy atom. The van der Waals surface area contributed by atoms with Gasteiger partial charge in [0.1, 0.15) is 0 Å². The van der Waals surface area contributed by atoms with Gasteiger partial charge in [0.05, 0.1) is 13.7 Å². The van der Waals surface area contributed by atoms with E-state index in [1.54, 1.807) is 12.1 Å². The van der Waals surface area contributed by atoms with E-state index in [1.807, 2.05) is 0 Å². The molecule has 1 aromatic rings. The normalized spacial score (nSPS) is 11.9. The van der Waals surface area contributed by atoms with E-state index in [0.29, 0.717) is 17.4 Å². The van der Waals surface area contributed by atoms with E-state index in [0.717, 1.165) is 13.0 Å². The number of hydrogen-bond donors (Lipinski definition) is 2. The first-order chi connectivity index (χ1) is 10.4. The lowest BCUT2D eigenvalue weighted by Crippen LogP contribution is -2.32. The molecule has 0 spiro atoms. The molecule has 0 saturated carbocycles. The van der Waals surface area contributed by atoms with Crippen molar-refractivity contribution in [2.45, 2.75) is 33.4 Å². The van der Waals surface area contributed by atoms with E-state index in [2.05, 4.69) is 28.9 Å². The lowest BCUT2D eigenvalue weighted by Gasteiger charge is -2.11. The Kier molecular flexibility index (Phi) is 7.42. The Bertz CT molecular complexity index is 494. The molecule has 0 bridgehead atoms. The molecule has 0 heterocycles. The van der Waals surface area contributed by atoms with E-state index in [9.17, 15) is 8.78 Å². The molecule has 0 saturated heterocycles. The monoisotopic (exact) mass is 315 g/mol. The van der Waals surface area contributed by atoms with Crippen LogP contribution in [0.25, 0.3) is 0 Å². The number of nitrogens with two attached hydrogens (primary N) is 1. The molecule has 1 aromatic carbocycles. The summed E-state index contributed by atoms with van der Waals surface area (Å²) in [4.78, 5) is 4.17. The van der Waals surface area contributed by atoms with Crippen molar-refractivity contribution in [3.63, 3.8) is 0 Å². The van der Waals surface area contributed by atoms with Crippen LogP contribution >= 0.6 is 0 Å². The third-order valence-electron chi connectivity index (χ3n) is 2.90. The van der Waals surface area contributed by atoms with Crippen LogP contribution < -0.4 is 20.5 Å². The van der Waals surface area contributed by atoms with Gasteiger partial charge in [-0.05, 0) is 30.0 Å². The molecule has 0 aliphatic heterocycles. The second-order valence-electron chi connectivity index (χ2n) is 5.17. The lowest BCUT2D eigenvalue weighted by molar-refractivity contribution is -0.0512. The number of aliphatic imine (C=N–C) groups is 1. The van der Waals surface area contributed by atoms with Gasteiger partial charge in [0.15, 0.2) is 17.5 Å². The molecule has 5 nitrogen and oxygen atoms in total. The van der Waals surface area contributed by atoms with Crippen molar-refractivity contribution in [3.05, 3.63) is 23.8 Å². The summed E-state index contributed by atoms with van der Waals surface area (Å²) in [6.07, 6.45) is 0.991. The van der Waals surface area contributed by atoms with Crippen LogP contribution in [-0.2, 0) is 6.54 Å². The maximum Gasteiger partial charge on any atom is 0.387 e. The minimum atomic E-state index is -2.91. The molecule has 0 atom stereocenters. The predicted octanol–water partition coefficient (Wildman–Crippen LogP) is 2.75. The van der Waals surface area contributed by atoms with Crippen molar-refractivity contribution in [1.82, 2.24) is 5.32 Å². The smallest absolute Gasteiger partial charge is 0.387 e. The third kappa shape index (κ3) is 6.60. The molecule has 0 aliphatic rings. The Hall–Kier alpha value is -2.05. The topological polar surface area (TPSA) is 68.9 Å². The number of benzene rings is 1. The zero-order valence-electron chi connectivity index (χ0n) is 13.1. The van der Waals surface area contributed by atoms with Crippen molar-refractivity contribution in [2.24, 2.45) is 16.6 Å². The Morgan fingerprint density at radius 1 is 1.32 bits per heavy atom. The molecule has 0 aliphatic carbocycles. The van der Waals surface area contributed by atoms with Gasteiger partial charge < -0.3 is 20.5 Å². The predicted molar refractivity (Wildman–Crippen MR) is 82.4 cm³/mol. The van der Waals surface area contributed by atoms with Crippen LogP contribution in [0.1, 0.15) is 25.8 Å². The fraction of sp³-hybridized carbons (Fsp3) is 0.533. The summed E-state index contributed by atoms with van der Waals surface area (Å²) in [5.41, 5.74) is 6.44. The number of alkyl halides is 2. The van der Waals surface area contributed by atoms with Crippen LogP contribution in [-0.4, -0.2) is 26.2 Å². The molecule has 0 aromatic heterocycles. The summed E-state index contributed by atoms with van der Waals surface area (Å²) in [6, 6.07) is 4.75. The van der Waals surface area contributed by atoms with Gasteiger partial charge in [-0.2, -0.15) is 8.78 Å². The average molecular weight is 315 g/mol. The van der Waals surface area contributed by atoms with E-state index >= 15 is 0 Å². The first-order valence-corrected chi connectivity index (χ1v) is 7.08. The van der Waals surface area contributed by atoms with E-state index < -0.39 is 6.61 Å². The van der Waals surface area contributed by atoms with Crippen LogP contribution in [0.4, 0.5) is 8.78 Å². The number of nitrogens with one attached hydrogen (secondary N) is 1. The van der Waals surface area contributed by atoms with E-state index in [-0.39, 0.29) is 18.0 Å². The highest BCUT2D eigenvalue weighted by Gasteiger charge is 2.11. The van der Waals surface area contributed by atoms with Crippen molar-refractivity contribution >= 4 is 5.96 Å². The second-order valence-corrected chi connectivity index (χ2v) is 5.17. The van der Waals surface area contributed by atoms with Gasteiger partial charge in [0, 0.05) is 6.54 Å². The van der Waals surface area contributed by atoms with Gasteiger partial charge in [-0.3, -0.25) is 0 Å². The largest absolute Gasteiger partial charge is 0.493 e. The molecular weight excluding hydrogens is 292 g/mol. The second kappa shape index (κ2) is 9.07. The SMILES string of the molecule is COc1ccc(CN=C(N)NCCC(C)C)cc1OC(F)F. The molecule has 0 fully saturated rings. The Balaban J connectivity index is 2.65. The van der Waals surface area contributed by atoms with Gasteiger partial charge in [-0.25, -0.2) is 4.99 Å². The van der Waals surface area contributed by atoms with Crippen molar-refractivity contribution in [3.8, 4) is 11.5 Å². The molecule has 3 N–H and O–H groups in total. The molecule has 124 valence electrons. The summed E-state index contributed by atoms with van der Waals surface area (Å²) < 4.78 is 34.1. The highest BCUT2D eigenvalue weighted by molar-refractivity contribution is 5.77. The lowest BCUT2D eigenvalue weighted by atomic mass is 10.1. The van der Waals surface area contributed by atoms with Crippen molar-refractivity contribution < 1.29 is 18.3 Å². The Labute approximate surface area is 129 Å². The maximum absolute atomic E-state index is 12.4. The number of guanidine groups is 1. The van der Waals surface area contributed by atoms with Gasteiger partial charge >= 0.3 is 6.61 Å². The highest BCUT2D eigenvalue weighted by Crippen LogP contribution is 2.29.